The molecule has 3 atom stereocenters. The highest BCUT2D eigenvalue weighted by Crippen LogP contribution is 2.23. The van der Waals surface area contributed by atoms with Gasteiger partial charge < -0.3 is 19.6 Å². The lowest BCUT2D eigenvalue weighted by Crippen LogP contribution is -2.47. The van der Waals surface area contributed by atoms with Crippen molar-refractivity contribution in [1.29, 1.82) is 0 Å². The van der Waals surface area contributed by atoms with E-state index in [-0.39, 0.29) is 6.61 Å². The Bertz CT molecular complexity index is 563. The molecule has 2 saturated heterocycles. The number of ether oxygens (including phenoxy) is 1. The third kappa shape index (κ3) is 5.05. The van der Waals surface area contributed by atoms with E-state index < -0.39 is 0 Å². The molecule has 0 bridgehead atoms. The minimum atomic E-state index is 0.255. The number of piperidine rings is 1. The van der Waals surface area contributed by atoms with Crippen LogP contribution in [0.1, 0.15) is 26.7 Å². The number of hydrogen-bond donors (Lipinski definition) is 1. The Labute approximate surface area is 157 Å². The monoisotopic (exact) mass is 363 g/mol. The van der Waals surface area contributed by atoms with Crippen LogP contribution in [0.3, 0.4) is 0 Å². The maximum absolute atomic E-state index is 9.45. The summed E-state index contributed by atoms with van der Waals surface area (Å²) in [5.74, 6) is 2.27. The number of aliphatic hydroxyl groups excluding tert-OH is 1. The van der Waals surface area contributed by atoms with Gasteiger partial charge in [0.05, 0.1) is 12.2 Å². The lowest BCUT2D eigenvalue weighted by molar-refractivity contribution is -0.0670. The molecule has 1 aromatic heterocycles. The summed E-state index contributed by atoms with van der Waals surface area (Å²) in [6.07, 6.45) is 4.46. The molecular formula is C19H33N5O2. The zero-order valence-corrected chi connectivity index (χ0v) is 16.3. The summed E-state index contributed by atoms with van der Waals surface area (Å²) in [5, 5.41) is 9.45. The molecule has 2 aliphatic heterocycles. The minimum absolute atomic E-state index is 0.255. The molecule has 7 nitrogen and oxygen atoms in total. The van der Waals surface area contributed by atoms with Crippen molar-refractivity contribution in [3.05, 3.63) is 12.4 Å². The van der Waals surface area contributed by atoms with Crippen molar-refractivity contribution < 1.29 is 9.84 Å². The second-order valence-electron chi connectivity index (χ2n) is 7.81. The second kappa shape index (κ2) is 8.97. The molecule has 1 aromatic rings. The molecule has 0 radical (unpaired) electrons. The van der Waals surface area contributed by atoms with Crippen molar-refractivity contribution in [2.24, 2.45) is 5.92 Å². The zero-order chi connectivity index (χ0) is 18.5. The summed E-state index contributed by atoms with van der Waals surface area (Å²) < 4.78 is 5.81. The van der Waals surface area contributed by atoms with E-state index in [4.69, 9.17) is 4.74 Å². The fraction of sp³-hybridized carbons (Fsp3) is 0.789. The minimum Gasteiger partial charge on any atom is -0.396 e. The van der Waals surface area contributed by atoms with Crippen LogP contribution < -0.4 is 9.80 Å². The van der Waals surface area contributed by atoms with E-state index in [1.807, 2.05) is 0 Å². The van der Waals surface area contributed by atoms with Crippen molar-refractivity contribution >= 4 is 11.6 Å². The lowest BCUT2D eigenvalue weighted by atomic mass is 9.99. The normalized spacial score (nSPS) is 27.5. The van der Waals surface area contributed by atoms with E-state index in [1.54, 1.807) is 6.33 Å². The Morgan fingerprint density at radius 2 is 2.00 bits per heavy atom. The van der Waals surface area contributed by atoms with Gasteiger partial charge in [0.25, 0.3) is 0 Å². The van der Waals surface area contributed by atoms with Crippen molar-refractivity contribution in [3.8, 4) is 0 Å². The lowest BCUT2D eigenvalue weighted by Gasteiger charge is -2.36. The average molecular weight is 364 g/mol. The summed E-state index contributed by atoms with van der Waals surface area (Å²) in [6.45, 7) is 10.3. The molecule has 0 aromatic carbocycles. The molecule has 0 saturated carbocycles. The van der Waals surface area contributed by atoms with Gasteiger partial charge in [0, 0.05) is 59.0 Å². The van der Waals surface area contributed by atoms with Gasteiger partial charge in [0.2, 0.25) is 0 Å². The fourth-order valence-electron chi connectivity index (χ4n) is 4.01. The second-order valence-corrected chi connectivity index (χ2v) is 7.81. The van der Waals surface area contributed by atoms with E-state index in [9.17, 15) is 5.11 Å². The SMILES string of the molecule is C[C@@H]1CN(CCN(C)c2cc(N3CCCC(CO)C3)ncn2)C[C@H](C)O1. The molecule has 146 valence electrons. The van der Waals surface area contributed by atoms with Crippen LogP contribution in [-0.4, -0.2) is 85.1 Å². The summed E-state index contributed by atoms with van der Waals surface area (Å²) in [4.78, 5) is 15.9. The van der Waals surface area contributed by atoms with E-state index in [1.165, 1.54) is 0 Å². The van der Waals surface area contributed by atoms with Gasteiger partial charge in [-0.1, -0.05) is 0 Å². The first-order valence-corrected chi connectivity index (χ1v) is 9.82. The quantitative estimate of drug-likeness (QED) is 0.815. The summed E-state index contributed by atoms with van der Waals surface area (Å²) in [7, 11) is 2.09. The largest absolute Gasteiger partial charge is 0.396 e. The Balaban J connectivity index is 1.57. The van der Waals surface area contributed by atoms with Crippen LogP contribution in [0.4, 0.5) is 11.6 Å². The summed E-state index contributed by atoms with van der Waals surface area (Å²) >= 11 is 0. The van der Waals surface area contributed by atoms with Crippen molar-refractivity contribution in [2.75, 3.05) is 62.7 Å². The highest BCUT2D eigenvalue weighted by Gasteiger charge is 2.23. The number of hydrogen-bond acceptors (Lipinski definition) is 7. The number of anilines is 2. The molecule has 0 amide bonds. The average Bonchev–Trinajstić information content (AvgIpc) is 2.65. The van der Waals surface area contributed by atoms with Gasteiger partial charge in [-0.2, -0.15) is 0 Å². The molecule has 0 spiro atoms. The molecule has 2 aliphatic rings. The summed E-state index contributed by atoms with van der Waals surface area (Å²) in [5.41, 5.74) is 0. The number of nitrogens with zero attached hydrogens (tertiary/aromatic N) is 5. The molecule has 7 heteroatoms. The van der Waals surface area contributed by atoms with Crippen LogP contribution in [0, 0.1) is 5.92 Å². The first-order valence-electron chi connectivity index (χ1n) is 9.82. The zero-order valence-electron chi connectivity index (χ0n) is 16.3. The van der Waals surface area contributed by atoms with Crippen LogP contribution in [0.25, 0.3) is 0 Å². The van der Waals surface area contributed by atoms with Gasteiger partial charge in [-0.3, -0.25) is 4.90 Å². The predicted octanol–water partition coefficient (Wildman–Crippen LogP) is 1.23. The molecule has 1 N–H and O–H groups in total. The van der Waals surface area contributed by atoms with Gasteiger partial charge in [0.15, 0.2) is 0 Å². The Hall–Kier alpha value is -1.44. The van der Waals surface area contributed by atoms with Crippen LogP contribution >= 0.6 is 0 Å². The maximum Gasteiger partial charge on any atom is 0.134 e. The molecular weight excluding hydrogens is 330 g/mol. The number of morpholine rings is 1. The first-order chi connectivity index (χ1) is 12.5. The Morgan fingerprint density at radius 1 is 1.23 bits per heavy atom. The topological polar surface area (TPSA) is 65.0 Å². The van der Waals surface area contributed by atoms with Gasteiger partial charge >= 0.3 is 0 Å². The Morgan fingerprint density at radius 3 is 2.73 bits per heavy atom. The number of aromatic nitrogens is 2. The molecule has 26 heavy (non-hydrogen) atoms. The highest BCUT2D eigenvalue weighted by molar-refractivity contribution is 5.50. The maximum atomic E-state index is 9.45. The van der Waals surface area contributed by atoms with E-state index >= 15 is 0 Å². The summed E-state index contributed by atoms with van der Waals surface area (Å²) in [6, 6.07) is 2.07. The number of likely N-dealkylation sites (N-methyl/N-ethyl adjacent to an activating group) is 1. The first kappa shape index (κ1) is 19.3. The van der Waals surface area contributed by atoms with E-state index in [0.29, 0.717) is 18.1 Å². The van der Waals surface area contributed by atoms with Crippen LogP contribution in [-0.2, 0) is 4.74 Å². The number of aliphatic hydroxyl groups is 1. The highest BCUT2D eigenvalue weighted by atomic mass is 16.5. The predicted molar refractivity (Wildman–Crippen MR) is 104 cm³/mol. The Kier molecular flexibility index (Phi) is 6.67. The van der Waals surface area contributed by atoms with Gasteiger partial charge in [0.1, 0.15) is 18.0 Å². The standard InChI is InChI=1S/C19H33N5O2/c1-15-10-23(11-16(2)26-15)8-7-22(3)18-9-19(21-14-20-18)24-6-4-5-17(12-24)13-25/h9,14-17,25H,4-8,10-13H2,1-3H3/t15-,16+,17?. The third-order valence-corrected chi connectivity index (χ3v) is 5.38. The molecule has 0 aliphatic carbocycles. The molecule has 3 rings (SSSR count). The van der Waals surface area contributed by atoms with Crippen LogP contribution in [0.2, 0.25) is 0 Å². The van der Waals surface area contributed by atoms with Gasteiger partial charge in [-0.15, -0.1) is 0 Å². The molecule has 1 unspecified atom stereocenters. The number of rotatable bonds is 6. The third-order valence-electron chi connectivity index (χ3n) is 5.38. The molecule has 3 heterocycles. The van der Waals surface area contributed by atoms with E-state index in [2.05, 4.69) is 51.6 Å². The molecule has 2 fully saturated rings. The smallest absolute Gasteiger partial charge is 0.134 e. The van der Waals surface area contributed by atoms with Gasteiger partial charge in [-0.05, 0) is 32.6 Å². The van der Waals surface area contributed by atoms with Crippen molar-refractivity contribution in [3.63, 3.8) is 0 Å². The van der Waals surface area contributed by atoms with Crippen LogP contribution in [0.15, 0.2) is 12.4 Å². The van der Waals surface area contributed by atoms with Crippen LogP contribution in [0.5, 0.6) is 0 Å². The van der Waals surface area contributed by atoms with Gasteiger partial charge in [-0.25, -0.2) is 9.97 Å². The van der Waals surface area contributed by atoms with E-state index in [0.717, 1.165) is 63.7 Å². The van der Waals surface area contributed by atoms with Crippen molar-refractivity contribution in [2.45, 2.75) is 38.9 Å². The fourth-order valence-corrected chi connectivity index (χ4v) is 4.01. The van der Waals surface area contributed by atoms with Crippen molar-refractivity contribution in [1.82, 2.24) is 14.9 Å².